The lowest BCUT2D eigenvalue weighted by Gasteiger charge is -2.26. The first-order valence-corrected chi connectivity index (χ1v) is 11.6. The molecular weight excluding hydrogens is 458 g/mol. The number of Topliss-reactive ketones (excluding diaryl/α,β-unsaturated/α-hetero) is 1. The summed E-state index contributed by atoms with van der Waals surface area (Å²) in [5.74, 6) is -0.222. The van der Waals surface area contributed by atoms with Gasteiger partial charge in [0.25, 0.3) is 11.7 Å². The molecule has 0 saturated carbocycles. The number of ether oxygens (including phenoxy) is 3. The highest BCUT2D eigenvalue weighted by atomic mass is 16.5. The number of hydrogen-bond donors (Lipinski definition) is 1. The lowest BCUT2D eigenvalue weighted by molar-refractivity contribution is -0.132. The number of benzene rings is 3. The molecule has 7 nitrogen and oxygen atoms in total. The molecule has 0 bridgehead atoms. The van der Waals surface area contributed by atoms with E-state index in [0.717, 1.165) is 11.1 Å². The van der Waals surface area contributed by atoms with Gasteiger partial charge in [-0.05, 0) is 67.8 Å². The third-order valence-corrected chi connectivity index (χ3v) is 6.36. The number of nitrogens with zero attached hydrogens (tertiary/aromatic N) is 1. The number of aryl methyl sites for hydroxylation is 2. The van der Waals surface area contributed by atoms with Crippen LogP contribution in [0.3, 0.4) is 0 Å². The summed E-state index contributed by atoms with van der Waals surface area (Å²) in [7, 11) is 3.07. The molecule has 0 aliphatic carbocycles. The number of carbonyl (C=O) groups excluding carboxylic acids is 2. The second-order valence-corrected chi connectivity index (χ2v) is 8.51. The predicted molar refractivity (Wildman–Crippen MR) is 138 cm³/mol. The first-order valence-electron chi connectivity index (χ1n) is 11.6. The monoisotopic (exact) mass is 487 g/mol. The highest BCUT2D eigenvalue weighted by Crippen LogP contribution is 2.44. The first-order chi connectivity index (χ1) is 17.3. The van der Waals surface area contributed by atoms with Crippen molar-refractivity contribution in [1.82, 2.24) is 0 Å². The summed E-state index contributed by atoms with van der Waals surface area (Å²) in [6.45, 7) is 6.15. The Labute approximate surface area is 210 Å². The van der Waals surface area contributed by atoms with E-state index in [9.17, 15) is 14.7 Å². The number of aliphatic hydroxyl groups is 1. The van der Waals surface area contributed by atoms with Crippen molar-refractivity contribution in [1.29, 1.82) is 0 Å². The lowest BCUT2D eigenvalue weighted by atomic mass is 9.94. The van der Waals surface area contributed by atoms with E-state index in [4.69, 9.17) is 14.2 Å². The minimum absolute atomic E-state index is 0.00121. The summed E-state index contributed by atoms with van der Waals surface area (Å²) in [5.41, 5.74) is 3.53. The number of aliphatic hydroxyl groups excluding tert-OH is 1. The Bertz CT molecular complexity index is 1360. The number of rotatable bonds is 7. The van der Waals surface area contributed by atoms with Gasteiger partial charge >= 0.3 is 0 Å². The molecule has 1 aliphatic rings. The van der Waals surface area contributed by atoms with Crippen molar-refractivity contribution in [2.75, 3.05) is 25.7 Å². The van der Waals surface area contributed by atoms with Crippen molar-refractivity contribution in [2.45, 2.75) is 26.8 Å². The highest BCUT2D eigenvalue weighted by molar-refractivity contribution is 6.51. The maximum Gasteiger partial charge on any atom is 0.300 e. The minimum atomic E-state index is -0.899. The Morgan fingerprint density at radius 1 is 0.917 bits per heavy atom. The molecule has 0 aromatic heterocycles. The topological polar surface area (TPSA) is 85.3 Å². The van der Waals surface area contributed by atoms with Gasteiger partial charge in [-0.2, -0.15) is 0 Å². The Hall–Kier alpha value is -4.26. The van der Waals surface area contributed by atoms with E-state index in [1.807, 2.05) is 26.8 Å². The van der Waals surface area contributed by atoms with E-state index in [1.165, 1.54) is 12.0 Å². The largest absolute Gasteiger partial charge is 0.507 e. The zero-order valence-electron chi connectivity index (χ0n) is 21.0. The molecule has 1 amide bonds. The maximum absolute atomic E-state index is 13.4. The number of hydrogen-bond acceptors (Lipinski definition) is 6. The summed E-state index contributed by atoms with van der Waals surface area (Å²) >= 11 is 0. The van der Waals surface area contributed by atoms with Gasteiger partial charge in [0.15, 0.2) is 11.5 Å². The third kappa shape index (κ3) is 4.40. The van der Waals surface area contributed by atoms with E-state index in [-0.39, 0.29) is 11.3 Å². The standard InChI is InChI=1S/C29H29NO6/c1-6-36-24-15-19(12-13-23(24)35-5)26-25(27(31)20-11-10-17(2)18(3)14-20)28(32)29(33)30(26)21-8-7-9-22(16-21)34-4/h7-16,26,31H,6H2,1-5H3/b27-25-. The molecule has 7 heteroatoms. The van der Waals surface area contributed by atoms with Crippen LogP contribution in [-0.4, -0.2) is 37.6 Å². The van der Waals surface area contributed by atoms with Gasteiger partial charge in [-0.25, -0.2) is 0 Å². The second-order valence-electron chi connectivity index (χ2n) is 8.51. The van der Waals surface area contributed by atoms with Gasteiger partial charge in [-0.15, -0.1) is 0 Å². The van der Waals surface area contributed by atoms with Crippen LogP contribution in [-0.2, 0) is 9.59 Å². The summed E-state index contributed by atoms with van der Waals surface area (Å²) in [6.07, 6.45) is 0. The summed E-state index contributed by atoms with van der Waals surface area (Å²) in [5, 5.41) is 11.4. The highest BCUT2D eigenvalue weighted by Gasteiger charge is 2.47. The van der Waals surface area contributed by atoms with Crippen LogP contribution in [0.5, 0.6) is 17.2 Å². The van der Waals surface area contributed by atoms with E-state index in [2.05, 4.69) is 0 Å². The van der Waals surface area contributed by atoms with Crippen molar-refractivity contribution in [3.05, 3.63) is 88.5 Å². The van der Waals surface area contributed by atoms with Crippen molar-refractivity contribution in [2.24, 2.45) is 0 Å². The molecule has 1 saturated heterocycles. The maximum atomic E-state index is 13.4. The summed E-state index contributed by atoms with van der Waals surface area (Å²) < 4.78 is 16.5. The predicted octanol–water partition coefficient (Wildman–Crippen LogP) is 5.35. The van der Waals surface area contributed by atoms with Crippen LogP contribution in [0.2, 0.25) is 0 Å². The molecule has 0 spiro atoms. The van der Waals surface area contributed by atoms with Crippen LogP contribution < -0.4 is 19.1 Å². The molecule has 1 heterocycles. The van der Waals surface area contributed by atoms with E-state index in [0.29, 0.717) is 40.7 Å². The molecule has 1 atom stereocenters. The molecule has 1 unspecified atom stereocenters. The number of ketones is 1. The number of anilines is 1. The molecule has 1 aliphatic heterocycles. The Balaban J connectivity index is 1.98. The van der Waals surface area contributed by atoms with Gasteiger partial charge in [0.1, 0.15) is 11.5 Å². The zero-order chi connectivity index (χ0) is 26.0. The van der Waals surface area contributed by atoms with Crippen LogP contribution in [0, 0.1) is 13.8 Å². The van der Waals surface area contributed by atoms with Gasteiger partial charge in [0, 0.05) is 17.3 Å². The second kappa shape index (κ2) is 10.2. The zero-order valence-corrected chi connectivity index (χ0v) is 21.0. The van der Waals surface area contributed by atoms with Crippen LogP contribution in [0.15, 0.2) is 66.2 Å². The van der Waals surface area contributed by atoms with Crippen LogP contribution >= 0.6 is 0 Å². The molecule has 0 radical (unpaired) electrons. The number of methoxy groups -OCH3 is 2. The lowest BCUT2D eigenvalue weighted by Crippen LogP contribution is -2.29. The number of carbonyl (C=O) groups is 2. The van der Waals surface area contributed by atoms with Gasteiger partial charge in [-0.1, -0.05) is 24.3 Å². The average Bonchev–Trinajstić information content (AvgIpc) is 3.15. The Morgan fingerprint density at radius 3 is 2.36 bits per heavy atom. The molecule has 3 aromatic rings. The van der Waals surface area contributed by atoms with Gasteiger partial charge < -0.3 is 19.3 Å². The molecule has 36 heavy (non-hydrogen) atoms. The SMILES string of the molecule is CCOc1cc(C2/C(=C(/O)c3ccc(C)c(C)c3)C(=O)C(=O)N2c2cccc(OC)c2)ccc1OC. The molecule has 1 fully saturated rings. The first kappa shape index (κ1) is 24.9. The van der Waals surface area contributed by atoms with Crippen molar-refractivity contribution in [3.63, 3.8) is 0 Å². The van der Waals surface area contributed by atoms with E-state index >= 15 is 0 Å². The fourth-order valence-corrected chi connectivity index (χ4v) is 4.35. The smallest absolute Gasteiger partial charge is 0.300 e. The summed E-state index contributed by atoms with van der Waals surface area (Å²) in [6, 6.07) is 16.7. The van der Waals surface area contributed by atoms with Crippen LogP contribution in [0.4, 0.5) is 5.69 Å². The third-order valence-electron chi connectivity index (χ3n) is 6.36. The van der Waals surface area contributed by atoms with Gasteiger partial charge in [-0.3, -0.25) is 14.5 Å². The van der Waals surface area contributed by atoms with Gasteiger partial charge in [0.05, 0.1) is 32.4 Å². The van der Waals surface area contributed by atoms with Crippen LogP contribution in [0.1, 0.15) is 35.2 Å². The van der Waals surface area contributed by atoms with Crippen molar-refractivity contribution in [3.8, 4) is 17.2 Å². The van der Waals surface area contributed by atoms with Crippen molar-refractivity contribution >= 4 is 23.1 Å². The fraction of sp³-hybridized carbons (Fsp3) is 0.241. The van der Waals surface area contributed by atoms with Gasteiger partial charge in [0.2, 0.25) is 0 Å². The fourth-order valence-electron chi connectivity index (χ4n) is 4.35. The quantitative estimate of drug-likeness (QED) is 0.275. The molecule has 3 aromatic carbocycles. The Kier molecular flexibility index (Phi) is 7.01. The summed E-state index contributed by atoms with van der Waals surface area (Å²) in [4.78, 5) is 28.2. The minimum Gasteiger partial charge on any atom is -0.507 e. The molecule has 1 N–H and O–H groups in total. The van der Waals surface area contributed by atoms with Crippen LogP contribution in [0.25, 0.3) is 5.76 Å². The van der Waals surface area contributed by atoms with Crippen molar-refractivity contribution < 1.29 is 28.9 Å². The normalized spacial score (nSPS) is 16.8. The molecule has 4 rings (SSSR count). The number of amides is 1. The average molecular weight is 488 g/mol. The Morgan fingerprint density at radius 2 is 1.69 bits per heavy atom. The van der Waals surface area contributed by atoms with E-state index < -0.39 is 17.7 Å². The molecular formula is C29H29NO6. The molecule has 186 valence electrons. The van der Waals surface area contributed by atoms with E-state index in [1.54, 1.807) is 61.7 Å².